The van der Waals surface area contributed by atoms with Crippen molar-refractivity contribution in [2.75, 3.05) is 19.0 Å². The maximum absolute atomic E-state index is 12.2. The molecule has 0 heterocycles. The van der Waals surface area contributed by atoms with Crippen molar-refractivity contribution in [3.8, 4) is 11.5 Å². The Morgan fingerprint density at radius 2 is 1.93 bits per heavy atom. The summed E-state index contributed by atoms with van der Waals surface area (Å²) in [5.74, 6) is 1.10. The molecular weight excluding hydrogens is 342 g/mol. The van der Waals surface area contributed by atoms with Crippen molar-refractivity contribution >= 4 is 17.8 Å². The van der Waals surface area contributed by atoms with Gasteiger partial charge in [0.1, 0.15) is 6.04 Å². The average Bonchev–Trinajstić information content (AvgIpc) is 2.68. The summed E-state index contributed by atoms with van der Waals surface area (Å²) in [5.41, 5.74) is 5.40. The maximum Gasteiger partial charge on any atom is 0.262 e. The molecule has 1 unspecified atom stereocenters. The highest BCUT2D eigenvalue weighted by molar-refractivity contribution is 5.86. The first-order chi connectivity index (χ1) is 13.0. The first-order valence-corrected chi connectivity index (χ1v) is 9.00. The molecule has 1 atom stereocenters. The molecule has 0 fully saturated rings. The van der Waals surface area contributed by atoms with Gasteiger partial charge in [0, 0.05) is 5.69 Å². The highest BCUT2D eigenvalue weighted by atomic mass is 16.5. The van der Waals surface area contributed by atoms with E-state index in [1.807, 2.05) is 56.3 Å². The molecule has 0 aliphatic rings. The summed E-state index contributed by atoms with van der Waals surface area (Å²) in [6.45, 7) is 6.48. The minimum absolute atomic E-state index is 0.221. The molecule has 6 nitrogen and oxygen atoms in total. The van der Waals surface area contributed by atoms with Gasteiger partial charge in [-0.1, -0.05) is 24.6 Å². The molecule has 2 rings (SSSR count). The largest absolute Gasteiger partial charge is 0.493 e. The molecule has 2 aromatic carbocycles. The SMILES string of the molecule is CCCOc1ccc(/C=N/NC(=O)C(C)Nc2ccc(C)cc2)cc1OC. The van der Waals surface area contributed by atoms with Crippen molar-refractivity contribution in [2.45, 2.75) is 33.2 Å². The zero-order valence-corrected chi connectivity index (χ0v) is 16.3. The summed E-state index contributed by atoms with van der Waals surface area (Å²) in [7, 11) is 1.59. The predicted octanol–water partition coefficient (Wildman–Crippen LogP) is 3.74. The summed E-state index contributed by atoms with van der Waals surface area (Å²) < 4.78 is 11.0. The van der Waals surface area contributed by atoms with Crippen LogP contribution in [0.1, 0.15) is 31.4 Å². The zero-order chi connectivity index (χ0) is 19.6. The van der Waals surface area contributed by atoms with Crippen molar-refractivity contribution in [2.24, 2.45) is 5.10 Å². The van der Waals surface area contributed by atoms with Crippen LogP contribution in [0.5, 0.6) is 11.5 Å². The smallest absolute Gasteiger partial charge is 0.262 e. The van der Waals surface area contributed by atoms with E-state index in [1.165, 1.54) is 5.56 Å². The number of hydrogen-bond donors (Lipinski definition) is 2. The third kappa shape index (κ3) is 6.33. The predicted molar refractivity (Wildman–Crippen MR) is 109 cm³/mol. The number of aryl methyl sites for hydroxylation is 1. The van der Waals surface area contributed by atoms with Gasteiger partial charge in [0.05, 0.1) is 19.9 Å². The number of hydrazone groups is 1. The van der Waals surface area contributed by atoms with Gasteiger partial charge in [-0.05, 0) is 56.2 Å². The molecule has 0 radical (unpaired) electrons. The third-order valence-corrected chi connectivity index (χ3v) is 3.87. The van der Waals surface area contributed by atoms with Gasteiger partial charge in [-0.3, -0.25) is 4.79 Å². The van der Waals surface area contributed by atoms with Crippen LogP contribution in [-0.2, 0) is 4.79 Å². The van der Waals surface area contributed by atoms with Crippen LogP contribution in [-0.4, -0.2) is 31.9 Å². The summed E-state index contributed by atoms with van der Waals surface area (Å²) in [6, 6.07) is 13.0. The minimum Gasteiger partial charge on any atom is -0.493 e. The summed E-state index contributed by atoms with van der Waals surface area (Å²) in [6.07, 6.45) is 2.50. The van der Waals surface area contributed by atoms with E-state index in [4.69, 9.17) is 9.47 Å². The molecular formula is C21H27N3O3. The molecule has 0 aromatic heterocycles. The molecule has 0 aliphatic carbocycles. The molecule has 0 bridgehead atoms. The van der Waals surface area contributed by atoms with E-state index >= 15 is 0 Å². The van der Waals surface area contributed by atoms with Crippen LogP contribution in [0.25, 0.3) is 0 Å². The van der Waals surface area contributed by atoms with Gasteiger partial charge in [0.25, 0.3) is 5.91 Å². The Labute approximate surface area is 160 Å². The lowest BCUT2D eigenvalue weighted by Gasteiger charge is -2.13. The molecule has 27 heavy (non-hydrogen) atoms. The Kier molecular flexibility index (Phi) is 7.67. The summed E-state index contributed by atoms with van der Waals surface area (Å²) in [4.78, 5) is 12.2. The van der Waals surface area contributed by atoms with E-state index in [0.29, 0.717) is 18.1 Å². The standard InChI is InChI=1S/C21H27N3O3/c1-5-12-27-19-11-8-17(13-20(19)26-4)14-22-24-21(25)16(3)23-18-9-6-15(2)7-10-18/h6-11,13-14,16,23H,5,12H2,1-4H3,(H,24,25)/b22-14+. The van der Waals surface area contributed by atoms with Crippen molar-refractivity contribution in [3.05, 3.63) is 53.6 Å². The number of carbonyl (C=O) groups excluding carboxylic acids is 1. The Hall–Kier alpha value is -3.02. The lowest BCUT2D eigenvalue weighted by atomic mass is 10.2. The second-order valence-corrected chi connectivity index (χ2v) is 6.23. The van der Waals surface area contributed by atoms with E-state index in [9.17, 15) is 4.79 Å². The number of nitrogens with one attached hydrogen (secondary N) is 2. The van der Waals surface area contributed by atoms with Crippen LogP contribution in [0.3, 0.4) is 0 Å². The lowest BCUT2D eigenvalue weighted by molar-refractivity contribution is -0.121. The minimum atomic E-state index is -0.413. The average molecular weight is 369 g/mol. The van der Waals surface area contributed by atoms with Crippen LogP contribution in [0.15, 0.2) is 47.6 Å². The molecule has 1 amide bonds. The lowest BCUT2D eigenvalue weighted by Crippen LogP contribution is -2.34. The summed E-state index contributed by atoms with van der Waals surface area (Å²) >= 11 is 0. The van der Waals surface area contributed by atoms with Crippen molar-refractivity contribution in [1.29, 1.82) is 0 Å². The molecule has 2 aromatic rings. The number of methoxy groups -OCH3 is 1. The number of nitrogens with zero attached hydrogens (tertiary/aromatic N) is 1. The number of benzene rings is 2. The zero-order valence-electron chi connectivity index (χ0n) is 16.3. The number of carbonyl (C=O) groups is 1. The molecule has 2 N–H and O–H groups in total. The topological polar surface area (TPSA) is 72.0 Å². The van der Waals surface area contributed by atoms with Gasteiger partial charge < -0.3 is 14.8 Å². The van der Waals surface area contributed by atoms with E-state index in [0.717, 1.165) is 17.7 Å². The van der Waals surface area contributed by atoms with Gasteiger partial charge in [-0.2, -0.15) is 5.10 Å². The second kappa shape index (κ2) is 10.2. The second-order valence-electron chi connectivity index (χ2n) is 6.23. The molecule has 6 heteroatoms. The van der Waals surface area contributed by atoms with Crippen molar-refractivity contribution in [3.63, 3.8) is 0 Å². The Balaban J connectivity index is 1.91. The van der Waals surface area contributed by atoms with E-state index in [-0.39, 0.29) is 5.91 Å². The Bertz CT molecular complexity index is 773. The molecule has 0 aliphatic heterocycles. The fourth-order valence-electron chi connectivity index (χ4n) is 2.33. The molecule has 0 saturated carbocycles. The van der Waals surface area contributed by atoms with Gasteiger partial charge in [0.15, 0.2) is 11.5 Å². The fourth-order valence-corrected chi connectivity index (χ4v) is 2.33. The van der Waals surface area contributed by atoms with Gasteiger partial charge in [-0.25, -0.2) is 5.43 Å². The van der Waals surface area contributed by atoms with Gasteiger partial charge >= 0.3 is 0 Å². The first-order valence-electron chi connectivity index (χ1n) is 9.00. The van der Waals surface area contributed by atoms with Crippen LogP contribution >= 0.6 is 0 Å². The third-order valence-electron chi connectivity index (χ3n) is 3.87. The Morgan fingerprint density at radius 3 is 2.59 bits per heavy atom. The maximum atomic E-state index is 12.2. The number of amides is 1. The van der Waals surface area contributed by atoms with E-state index in [2.05, 4.69) is 15.8 Å². The fraction of sp³-hybridized carbons (Fsp3) is 0.333. The first kappa shape index (κ1) is 20.3. The monoisotopic (exact) mass is 369 g/mol. The quantitative estimate of drug-likeness (QED) is 0.522. The highest BCUT2D eigenvalue weighted by Crippen LogP contribution is 2.27. The summed E-state index contributed by atoms with van der Waals surface area (Å²) in [5, 5.41) is 7.16. The van der Waals surface area contributed by atoms with Crippen LogP contribution in [0, 0.1) is 6.92 Å². The molecule has 144 valence electrons. The van der Waals surface area contributed by atoms with E-state index in [1.54, 1.807) is 20.2 Å². The number of hydrogen-bond acceptors (Lipinski definition) is 5. The van der Waals surface area contributed by atoms with Gasteiger partial charge in [-0.15, -0.1) is 0 Å². The number of ether oxygens (including phenoxy) is 2. The number of anilines is 1. The van der Waals surface area contributed by atoms with Crippen molar-refractivity contribution in [1.82, 2.24) is 5.43 Å². The van der Waals surface area contributed by atoms with E-state index < -0.39 is 6.04 Å². The van der Waals surface area contributed by atoms with Crippen LogP contribution in [0.2, 0.25) is 0 Å². The van der Waals surface area contributed by atoms with Crippen LogP contribution < -0.4 is 20.2 Å². The Morgan fingerprint density at radius 1 is 1.19 bits per heavy atom. The van der Waals surface area contributed by atoms with Gasteiger partial charge in [0.2, 0.25) is 0 Å². The molecule has 0 spiro atoms. The number of rotatable bonds is 9. The van der Waals surface area contributed by atoms with Crippen molar-refractivity contribution < 1.29 is 14.3 Å². The molecule has 0 saturated heterocycles. The highest BCUT2D eigenvalue weighted by Gasteiger charge is 2.11. The van der Waals surface area contributed by atoms with Crippen LogP contribution in [0.4, 0.5) is 5.69 Å². The normalized spacial score (nSPS) is 11.9.